The number of esters is 2. The molecule has 168 valence electrons. The molecule has 0 radical (unpaired) electrons. The molecule has 7 nitrogen and oxygen atoms in total. The highest BCUT2D eigenvalue weighted by atomic mass is 16.5. The molecule has 0 unspecified atom stereocenters. The first kappa shape index (κ1) is 24.1. The number of methoxy groups -OCH3 is 1. The molecule has 0 saturated heterocycles. The maximum absolute atomic E-state index is 12.9. The number of nitrogens with one attached hydrogen (secondary N) is 1. The third kappa shape index (κ3) is 6.13. The van der Waals surface area contributed by atoms with Crippen molar-refractivity contribution in [1.82, 2.24) is 4.57 Å². The fraction of sp³-hybridized carbons (Fsp3) is 0.417. The number of ether oxygens (including phenoxy) is 3. The van der Waals surface area contributed by atoms with Gasteiger partial charge in [-0.15, -0.1) is 0 Å². The minimum Gasteiger partial charge on any atom is -0.497 e. The minimum atomic E-state index is -0.444. The van der Waals surface area contributed by atoms with E-state index in [1.165, 1.54) is 6.08 Å². The Labute approximate surface area is 184 Å². The van der Waals surface area contributed by atoms with E-state index in [1.807, 2.05) is 56.5 Å². The number of allylic oxidation sites excluding steroid dienone is 1. The second-order valence-electron chi connectivity index (χ2n) is 7.53. The molecule has 1 heterocycles. The van der Waals surface area contributed by atoms with Gasteiger partial charge in [0.15, 0.2) is 0 Å². The first-order chi connectivity index (χ1) is 14.7. The molecule has 0 amide bonds. The Balaban J connectivity index is 2.51. The summed E-state index contributed by atoms with van der Waals surface area (Å²) in [6.07, 6.45) is 1.12. The molecule has 0 bridgehead atoms. The van der Waals surface area contributed by atoms with E-state index in [0.29, 0.717) is 30.2 Å². The van der Waals surface area contributed by atoms with Gasteiger partial charge < -0.3 is 24.1 Å². The Hall–Kier alpha value is -3.22. The Kier molecular flexibility index (Phi) is 8.30. The maximum Gasteiger partial charge on any atom is 0.342 e. The average Bonchev–Trinajstić information content (AvgIpc) is 2.92. The van der Waals surface area contributed by atoms with Crippen LogP contribution in [0.1, 0.15) is 54.9 Å². The van der Waals surface area contributed by atoms with Crippen LogP contribution in [0.5, 0.6) is 5.75 Å². The molecular weight excluding hydrogens is 396 g/mol. The van der Waals surface area contributed by atoms with Crippen LogP contribution in [-0.4, -0.2) is 36.3 Å². The number of nitrogens with zero attached hydrogens (tertiary/aromatic N) is 1. The van der Waals surface area contributed by atoms with Crippen molar-refractivity contribution in [2.75, 3.05) is 19.0 Å². The Morgan fingerprint density at radius 2 is 1.81 bits per heavy atom. The highest BCUT2D eigenvalue weighted by Crippen LogP contribution is 2.30. The van der Waals surface area contributed by atoms with Crippen molar-refractivity contribution >= 4 is 17.8 Å². The van der Waals surface area contributed by atoms with Gasteiger partial charge in [0.1, 0.15) is 17.1 Å². The number of aromatic nitrogens is 1. The SMILES string of the molecule is CCOC(=O)/C=C(\C)Nc1c(C(=O)OC(C)C)c(C)c(C)n1Cc1ccc(OC)cc1. The molecule has 2 aromatic rings. The lowest BCUT2D eigenvalue weighted by Gasteiger charge is -2.16. The third-order valence-electron chi connectivity index (χ3n) is 4.81. The summed E-state index contributed by atoms with van der Waals surface area (Å²) >= 11 is 0. The molecule has 2 rings (SSSR count). The molecule has 1 aromatic heterocycles. The Morgan fingerprint density at radius 1 is 1.16 bits per heavy atom. The molecular formula is C24H32N2O5. The van der Waals surface area contributed by atoms with Crippen molar-refractivity contribution in [2.24, 2.45) is 0 Å². The molecule has 0 fully saturated rings. The number of benzene rings is 1. The summed E-state index contributed by atoms with van der Waals surface area (Å²) in [6, 6.07) is 7.75. The monoisotopic (exact) mass is 428 g/mol. The van der Waals surface area contributed by atoms with Gasteiger partial charge in [-0.3, -0.25) is 0 Å². The second-order valence-corrected chi connectivity index (χ2v) is 7.53. The van der Waals surface area contributed by atoms with Crippen molar-refractivity contribution in [3.05, 3.63) is 58.4 Å². The largest absolute Gasteiger partial charge is 0.497 e. The van der Waals surface area contributed by atoms with Crippen molar-refractivity contribution in [2.45, 2.75) is 54.2 Å². The molecule has 0 aliphatic carbocycles. The van der Waals surface area contributed by atoms with Crippen LogP contribution < -0.4 is 10.1 Å². The Bertz CT molecular complexity index is 955. The molecule has 0 aliphatic heterocycles. The van der Waals surface area contributed by atoms with Gasteiger partial charge >= 0.3 is 11.9 Å². The highest BCUT2D eigenvalue weighted by Gasteiger charge is 2.25. The van der Waals surface area contributed by atoms with E-state index in [2.05, 4.69) is 5.32 Å². The van der Waals surface area contributed by atoms with Crippen LogP contribution in [0.15, 0.2) is 36.0 Å². The first-order valence-electron chi connectivity index (χ1n) is 10.3. The van der Waals surface area contributed by atoms with Crippen LogP contribution in [-0.2, 0) is 20.8 Å². The van der Waals surface area contributed by atoms with Crippen molar-refractivity contribution in [1.29, 1.82) is 0 Å². The normalized spacial score (nSPS) is 11.4. The van der Waals surface area contributed by atoms with Crippen LogP contribution in [0.25, 0.3) is 0 Å². The zero-order chi connectivity index (χ0) is 23.1. The molecule has 31 heavy (non-hydrogen) atoms. The number of rotatable bonds is 9. The van der Waals surface area contributed by atoms with E-state index < -0.39 is 11.9 Å². The smallest absolute Gasteiger partial charge is 0.342 e. The Morgan fingerprint density at radius 3 is 2.35 bits per heavy atom. The molecule has 0 saturated carbocycles. The first-order valence-corrected chi connectivity index (χ1v) is 10.3. The summed E-state index contributed by atoms with van der Waals surface area (Å²) in [6.45, 7) is 11.8. The van der Waals surface area contributed by atoms with Gasteiger partial charge in [0.25, 0.3) is 0 Å². The van der Waals surface area contributed by atoms with Gasteiger partial charge in [0, 0.05) is 24.0 Å². The number of anilines is 1. The topological polar surface area (TPSA) is 78.8 Å². The number of hydrogen-bond acceptors (Lipinski definition) is 6. The van der Waals surface area contributed by atoms with Gasteiger partial charge in [0.05, 0.1) is 19.8 Å². The molecule has 7 heteroatoms. The predicted octanol–water partition coefficient (Wildman–Crippen LogP) is 4.61. The van der Waals surface area contributed by atoms with Crippen LogP contribution in [0.3, 0.4) is 0 Å². The summed E-state index contributed by atoms with van der Waals surface area (Å²) in [5.74, 6) is 0.502. The predicted molar refractivity (Wildman–Crippen MR) is 121 cm³/mol. The third-order valence-corrected chi connectivity index (χ3v) is 4.81. The number of carbonyl (C=O) groups excluding carboxylic acids is 2. The fourth-order valence-corrected chi connectivity index (χ4v) is 3.21. The average molecular weight is 429 g/mol. The number of carbonyl (C=O) groups is 2. The van der Waals surface area contributed by atoms with E-state index in [0.717, 1.165) is 22.6 Å². The molecule has 1 N–H and O–H groups in total. The lowest BCUT2D eigenvalue weighted by Crippen LogP contribution is -2.16. The summed E-state index contributed by atoms with van der Waals surface area (Å²) in [5, 5.41) is 3.22. The molecule has 0 aliphatic rings. The highest BCUT2D eigenvalue weighted by molar-refractivity contribution is 5.98. The lowest BCUT2D eigenvalue weighted by atomic mass is 10.1. The molecule has 1 aromatic carbocycles. The van der Waals surface area contributed by atoms with Crippen LogP contribution in [0.4, 0.5) is 5.82 Å². The lowest BCUT2D eigenvalue weighted by molar-refractivity contribution is -0.137. The van der Waals surface area contributed by atoms with E-state index in [4.69, 9.17) is 14.2 Å². The van der Waals surface area contributed by atoms with Gasteiger partial charge in [-0.25, -0.2) is 9.59 Å². The van der Waals surface area contributed by atoms with Crippen molar-refractivity contribution in [3.8, 4) is 5.75 Å². The minimum absolute atomic E-state index is 0.249. The van der Waals surface area contributed by atoms with Gasteiger partial charge in [-0.05, 0) is 64.8 Å². The van der Waals surface area contributed by atoms with Crippen LogP contribution in [0.2, 0.25) is 0 Å². The van der Waals surface area contributed by atoms with Gasteiger partial charge in [-0.2, -0.15) is 0 Å². The van der Waals surface area contributed by atoms with Gasteiger partial charge in [-0.1, -0.05) is 12.1 Å². The molecule has 0 atom stereocenters. The number of hydrogen-bond donors (Lipinski definition) is 1. The quantitative estimate of drug-likeness (QED) is 0.464. The summed E-state index contributed by atoms with van der Waals surface area (Å²) < 4.78 is 17.7. The zero-order valence-corrected chi connectivity index (χ0v) is 19.4. The van der Waals surface area contributed by atoms with Crippen LogP contribution >= 0.6 is 0 Å². The molecule has 0 spiro atoms. The summed E-state index contributed by atoms with van der Waals surface area (Å²) in [7, 11) is 1.63. The van der Waals surface area contributed by atoms with Gasteiger partial charge in [0.2, 0.25) is 0 Å². The van der Waals surface area contributed by atoms with E-state index in [9.17, 15) is 9.59 Å². The summed E-state index contributed by atoms with van der Waals surface area (Å²) in [4.78, 5) is 24.8. The standard InChI is InChI=1S/C24H32N2O5/c1-8-30-21(27)13-16(4)25-23-22(24(28)31-15(2)3)17(5)18(6)26(23)14-19-9-11-20(29-7)12-10-19/h9-13,15,25H,8,14H2,1-7H3/b16-13+. The van der Waals surface area contributed by atoms with Crippen LogP contribution in [0, 0.1) is 13.8 Å². The maximum atomic E-state index is 12.9. The van der Waals surface area contributed by atoms with Crippen molar-refractivity contribution in [3.63, 3.8) is 0 Å². The summed E-state index contributed by atoms with van der Waals surface area (Å²) in [5.41, 5.74) is 3.81. The second kappa shape index (κ2) is 10.7. The van der Waals surface area contributed by atoms with E-state index >= 15 is 0 Å². The van der Waals surface area contributed by atoms with Crippen molar-refractivity contribution < 1.29 is 23.8 Å². The van der Waals surface area contributed by atoms with E-state index in [-0.39, 0.29) is 6.10 Å². The zero-order valence-electron chi connectivity index (χ0n) is 19.4. The fourth-order valence-electron chi connectivity index (χ4n) is 3.21. The van der Waals surface area contributed by atoms with E-state index in [1.54, 1.807) is 21.0 Å².